The minimum Gasteiger partial charge on any atom is -0.465 e. The van der Waals surface area contributed by atoms with Crippen LogP contribution >= 0.6 is 0 Å². The number of methoxy groups -OCH3 is 1. The molecule has 0 unspecified atom stereocenters. The molecule has 0 bridgehead atoms. The van der Waals surface area contributed by atoms with Crippen molar-refractivity contribution in [2.45, 2.75) is 6.92 Å². The van der Waals surface area contributed by atoms with Gasteiger partial charge in [0.15, 0.2) is 5.69 Å². The van der Waals surface area contributed by atoms with E-state index < -0.39 is 11.9 Å². The molecule has 0 aliphatic carbocycles. The SMILES string of the molecule is COC(=O)c1ccccc1C(=O)Oc1ccc(C=Nc2c(C)n(C)n(-c3ccccc3)c2=O)cc1. The first-order valence-electron chi connectivity index (χ1n) is 10.8. The monoisotopic (exact) mass is 469 g/mol. The Morgan fingerprint density at radius 1 is 0.857 bits per heavy atom. The topological polar surface area (TPSA) is 91.9 Å². The van der Waals surface area contributed by atoms with E-state index in [0.717, 1.165) is 11.4 Å². The molecule has 0 N–H and O–H groups in total. The van der Waals surface area contributed by atoms with Crippen molar-refractivity contribution >= 4 is 23.8 Å². The van der Waals surface area contributed by atoms with E-state index >= 15 is 0 Å². The van der Waals surface area contributed by atoms with Crippen molar-refractivity contribution in [1.29, 1.82) is 0 Å². The Morgan fingerprint density at radius 3 is 2.09 bits per heavy atom. The smallest absolute Gasteiger partial charge is 0.344 e. The number of carbonyl (C=O) groups excluding carboxylic acids is 2. The van der Waals surface area contributed by atoms with E-state index in [9.17, 15) is 14.4 Å². The number of aromatic nitrogens is 2. The number of esters is 2. The first-order chi connectivity index (χ1) is 16.9. The van der Waals surface area contributed by atoms with Gasteiger partial charge in [0.25, 0.3) is 5.56 Å². The van der Waals surface area contributed by atoms with Crippen LogP contribution in [0.4, 0.5) is 5.69 Å². The van der Waals surface area contributed by atoms with Gasteiger partial charge in [0.1, 0.15) is 5.75 Å². The van der Waals surface area contributed by atoms with Gasteiger partial charge in [-0.25, -0.2) is 19.3 Å². The molecule has 1 aromatic heterocycles. The third-order valence-electron chi connectivity index (χ3n) is 5.51. The number of aliphatic imine (C=N–C) groups is 1. The van der Waals surface area contributed by atoms with E-state index in [0.29, 0.717) is 17.0 Å². The van der Waals surface area contributed by atoms with Gasteiger partial charge in [0.2, 0.25) is 0 Å². The standard InChI is InChI=1S/C27H23N3O5/c1-18-24(25(31)30(29(18)2)20-9-5-4-6-10-20)28-17-19-13-15-21(16-14-19)35-27(33)23-12-8-7-11-22(23)26(32)34-3/h4-17H,1-3H3. The fourth-order valence-corrected chi connectivity index (χ4v) is 3.57. The van der Waals surface area contributed by atoms with Crippen LogP contribution in [0.2, 0.25) is 0 Å². The average Bonchev–Trinajstić information content (AvgIpc) is 3.10. The summed E-state index contributed by atoms with van der Waals surface area (Å²) in [6, 6.07) is 22.3. The Kier molecular flexibility index (Phi) is 6.73. The van der Waals surface area contributed by atoms with Crippen molar-refractivity contribution in [2.75, 3.05) is 7.11 Å². The second-order valence-electron chi connectivity index (χ2n) is 7.66. The first kappa shape index (κ1) is 23.4. The van der Waals surface area contributed by atoms with Crippen molar-refractivity contribution in [1.82, 2.24) is 9.36 Å². The second-order valence-corrected chi connectivity index (χ2v) is 7.66. The highest BCUT2D eigenvalue weighted by Crippen LogP contribution is 2.19. The predicted molar refractivity (Wildman–Crippen MR) is 132 cm³/mol. The zero-order chi connectivity index (χ0) is 24.9. The third-order valence-corrected chi connectivity index (χ3v) is 5.51. The summed E-state index contributed by atoms with van der Waals surface area (Å²) < 4.78 is 13.5. The number of hydrogen-bond acceptors (Lipinski definition) is 6. The summed E-state index contributed by atoms with van der Waals surface area (Å²) in [4.78, 5) is 41.9. The Morgan fingerprint density at radius 2 is 1.46 bits per heavy atom. The van der Waals surface area contributed by atoms with E-state index in [1.165, 1.54) is 19.2 Å². The fraction of sp³-hybridized carbons (Fsp3) is 0.111. The van der Waals surface area contributed by atoms with Gasteiger partial charge < -0.3 is 9.47 Å². The Bertz CT molecular complexity index is 1470. The van der Waals surface area contributed by atoms with Gasteiger partial charge in [0.05, 0.1) is 29.6 Å². The molecule has 0 aliphatic rings. The maximum Gasteiger partial charge on any atom is 0.344 e. The van der Waals surface area contributed by atoms with Crippen LogP contribution in [-0.2, 0) is 11.8 Å². The molecule has 0 atom stereocenters. The van der Waals surface area contributed by atoms with Crippen LogP contribution < -0.4 is 10.3 Å². The van der Waals surface area contributed by atoms with E-state index in [2.05, 4.69) is 4.99 Å². The molecule has 35 heavy (non-hydrogen) atoms. The molecule has 8 nitrogen and oxygen atoms in total. The number of rotatable bonds is 6. The Labute approximate surface area is 201 Å². The number of carbonyl (C=O) groups is 2. The highest BCUT2D eigenvalue weighted by Gasteiger charge is 2.19. The lowest BCUT2D eigenvalue weighted by Gasteiger charge is -2.08. The largest absolute Gasteiger partial charge is 0.465 e. The van der Waals surface area contributed by atoms with Crippen LogP contribution in [0, 0.1) is 6.92 Å². The maximum absolute atomic E-state index is 13.0. The first-order valence-corrected chi connectivity index (χ1v) is 10.8. The van der Waals surface area contributed by atoms with Crippen LogP contribution in [0.5, 0.6) is 5.75 Å². The Hall–Kier alpha value is -4.72. The van der Waals surface area contributed by atoms with Crippen molar-refractivity contribution in [3.63, 3.8) is 0 Å². The van der Waals surface area contributed by atoms with Gasteiger partial charge in [-0.3, -0.25) is 9.48 Å². The maximum atomic E-state index is 13.0. The zero-order valence-electron chi connectivity index (χ0n) is 19.5. The molecule has 0 amide bonds. The molecule has 0 aliphatic heterocycles. The van der Waals surface area contributed by atoms with Gasteiger partial charge in [-0.2, -0.15) is 0 Å². The molecular formula is C27H23N3O5. The summed E-state index contributed by atoms with van der Waals surface area (Å²) >= 11 is 0. The van der Waals surface area contributed by atoms with Crippen LogP contribution in [0.25, 0.3) is 5.69 Å². The normalized spacial score (nSPS) is 10.9. The molecule has 4 aromatic rings. The molecule has 176 valence electrons. The summed E-state index contributed by atoms with van der Waals surface area (Å²) in [5.74, 6) is -0.991. The van der Waals surface area contributed by atoms with Gasteiger partial charge in [-0.1, -0.05) is 30.3 Å². The van der Waals surface area contributed by atoms with Gasteiger partial charge in [-0.05, 0) is 61.0 Å². The average molecular weight is 469 g/mol. The lowest BCUT2D eigenvalue weighted by atomic mass is 10.1. The number of hydrogen-bond donors (Lipinski definition) is 0. The highest BCUT2D eigenvalue weighted by atomic mass is 16.5. The number of benzene rings is 3. The second kappa shape index (κ2) is 10.0. The van der Waals surface area contributed by atoms with Crippen molar-refractivity contribution in [2.24, 2.45) is 12.0 Å². The van der Waals surface area contributed by atoms with Crippen LogP contribution in [-0.4, -0.2) is 34.6 Å². The van der Waals surface area contributed by atoms with Crippen molar-refractivity contribution in [3.05, 3.63) is 112 Å². The molecule has 3 aromatic carbocycles. The van der Waals surface area contributed by atoms with Crippen molar-refractivity contribution in [3.8, 4) is 11.4 Å². The fourth-order valence-electron chi connectivity index (χ4n) is 3.57. The molecule has 0 radical (unpaired) electrons. The zero-order valence-corrected chi connectivity index (χ0v) is 19.5. The van der Waals surface area contributed by atoms with Crippen LogP contribution in [0.15, 0.2) is 88.6 Å². The van der Waals surface area contributed by atoms with E-state index in [1.54, 1.807) is 52.0 Å². The van der Waals surface area contributed by atoms with E-state index in [4.69, 9.17) is 9.47 Å². The number of nitrogens with zero attached hydrogens (tertiary/aromatic N) is 3. The number of para-hydroxylation sites is 1. The van der Waals surface area contributed by atoms with Gasteiger partial charge in [-0.15, -0.1) is 0 Å². The molecule has 1 heterocycles. The summed E-state index contributed by atoms with van der Waals surface area (Å²) in [5.41, 5.74) is 2.55. The summed E-state index contributed by atoms with van der Waals surface area (Å²) in [7, 11) is 3.06. The van der Waals surface area contributed by atoms with Gasteiger partial charge in [0, 0.05) is 13.3 Å². The highest BCUT2D eigenvalue weighted by molar-refractivity contribution is 6.03. The molecular weight excluding hydrogens is 446 g/mol. The minimum absolute atomic E-state index is 0.110. The lowest BCUT2D eigenvalue weighted by Crippen LogP contribution is -2.19. The molecule has 0 saturated carbocycles. The Balaban J connectivity index is 1.52. The quantitative estimate of drug-likeness (QED) is 0.239. The lowest BCUT2D eigenvalue weighted by molar-refractivity contribution is 0.0587. The number of ether oxygens (including phenoxy) is 2. The predicted octanol–water partition coefficient (Wildman–Crippen LogP) is 4.24. The third kappa shape index (κ3) is 4.81. The van der Waals surface area contributed by atoms with E-state index in [1.807, 2.05) is 44.3 Å². The van der Waals surface area contributed by atoms with E-state index in [-0.39, 0.29) is 16.7 Å². The summed E-state index contributed by atoms with van der Waals surface area (Å²) in [6.45, 7) is 1.84. The molecule has 4 rings (SSSR count). The molecule has 0 saturated heterocycles. The molecule has 0 spiro atoms. The summed E-state index contributed by atoms with van der Waals surface area (Å²) in [5, 5.41) is 0. The van der Waals surface area contributed by atoms with Gasteiger partial charge >= 0.3 is 11.9 Å². The van der Waals surface area contributed by atoms with Crippen molar-refractivity contribution < 1.29 is 19.1 Å². The molecule has 0 fully saturated rings. The molecule has 8 heteroatoms. The van der Waals surface area contributed by atoms with Crippen LogP contribution in [0.1, 0.15) is 32.0 Å². The minimum atomic E-state index is -0.672. The van der Waals surface area contributed by atoms with Crippen LogP contribution in [0.3, 0.4) is 0 Å². The summed E-state index contributed by atoms with van der Waals surface area (Å²) in [6.07, 6.45) is 1.58.